The number of para-hydroxylation sites is 1. The average molecular weight is 325 g/mol. The standard InChI is InChI=1S/C19H20FN3O/c1-14-5-3-7-16-12-21-23(19(14)16)10-9-18(24)22(2)13-15-6-4-8-17(20)11-15/h3-8,11-12H,9-10,13H2,1-2H3. The molecule has 0 saturated carbocycles. The first-order valence-electron chi connectivity index (χ1n) is 7.94. The van der Waals surface area contributed by atoms with Gasteiger partial charge in [0.15, 0.2) is 0 Å². The zero-order valence-corrected chi connectivity index (χ0v) is 13.9. The van der Waals surface area contributed by atoms with Crippen molar-refractivity contribution in [1.29, 1.82) is 0 Å². The highest BCUT2D eigenvalue weighted by molar-refractivity contribution is 5.82. The Hall–Kier alpha value is -2.69. The monoisotopic (exact) mass is 325 g/mol. The fraction of sp³-hybridized carbons (Fsp3) is 0.263. The lowest BCUT2D eigenvalue weighted by Crippen LogP contribution is -2.27. The predicted octanol–water partition coefficient (Wildman–Crippen LogP) is 3.53. The van der Waals surface area contributed by atoms with Gasteiger partial charge in [-0.1, -0.05) is 30.3 Å². The lowest BCUT2D eigenvalue weighted by Gasteiger charge is -2.17. The number of nitrogens with zero attached hydrogens (tertiary/aromatic N) is 3. The normalized spacial score (nSPS) is 11.0. The number of fused-ring (bicyclic) bond motifs is 1. The molecule has 24 heavy (non-hydrogen) atoms. The molecule has 124 valence electrons. The summed E-state index contributed by atoms with van der Waals surface area (Å²) in [5.74, 6) is -0.275. The number of aryl methyl sites for hydroxylation is 2. The van der Waals surface area contributed by atoms with Gasteiger partial charge >= 0.3 is 0 Å². The number of carbonyl (C=O) groups is 1. The van der Waals surface area contributed by atoms with Gasteiger partial charge in [0.25, 0.3) is 0 Å². The van der Waals surface area contributed by atoms with E-state index in [0.717, 1.165) is 22.0 Å². The summed E-state index contributed by atoms with van der Waals surface area (Å²) in [7, 11) is 1.74. The molecule has 2 aromatic carbocycles. The number of benzene rings is 2. The quantitative estimate of drug-likeness (QED) is 0.720. The predicted molar refractivity (Wildman–Crippen MR) is 92.0 cm³/mol. The first-order chi connectivity index (χ1) is 11.5. The first-order valence-corrected chi connectivity index (χ1v) is 7.94. The second-order valence-corrected chi connectivity index (χ2v) is 6.01. The van der Waals surface area contributed by atoms with Crippen LogP contribution in [0.5, 0.6) is 0 Å². The molecule has 3 aromatic rings. The molecule has 0 radical (unpaired) electrons. The van der Waals surface area contributed by atoms with Crippen LogP contribution >= 0.6 is 0 Å². The summed E-state index contributed by atoms with van der Waals surface area (Å²) < 4.78 is 15.1. The van der Waals surface area contributed by atoms with Gasteiger partial charge in [0.1, 0.15) is 5.82 Å². The first kappa shape index (κ1) is 16.2. The molecule has 1 heterocycles. The minimum atomic E-state index is -0.285. The van der Waals surface area contributed by atoms with Crippen molar-refractivity contribution in [1.82, 2.24) is 14.7 Å². The summed E-state index contributed by atoms with van der Waals surface area (Å²) in [5, 5.41) is 5.46. The summed E-state index contributed by atoms with van der Waals surface area (Å²) in [6, 6.07) is 12.4. The number of halogens is 1. The van der Waals surface area contributed by atoms with Gasteiger partial charge in [-0.2, -0.15) is 5.10 Å². The Morgan fingerprint density at radius 1 is 1.25 bits per heavy atom. The average Bonchev–Trinajstić information content (AvgIpc) is 2.97. The van der Waals surface area contributed by atoms with Crippen LogP contribution in [0.15, 0.2) is 48.7 Å². The molecule has 0 aliphatic heterocycles. The van der Waals surface area contributed by atoms with Crippen molar-refractivity contribution in [3.05, 3.63) is 65.6 Å². The number of hydrogen-bond donors (Lipinski definition) is 0. The van der Waals surface area contributed by atoms with Crippen LogP contribution < -0.4 is 0 Å². The van der Waals surface area contributed by atoms with E-state index in [4.69, 9.17) is 0 Å². The molecule has 1 amide bonds. The second-order valence-electron chi connectivity index (χ2n) is 6.01. The number of carbonyl (C=O) groups excluding carboxylic acids is 1. The molecule has 0 aliphatic carbocycles. The molecule has 0 spiro atoms. The molecule has 3 rings (SSSR count). The Bertz CT molecular complexity index is 872. The van der Waals surface area contributed by atoms with Gasteiger partial charge in [0, 0.05) is 25.4 Å². The fourth-order valence-corrected chi connectivity index (χ4v) is 2.89. The van der Waals surface area contributed by atoms with E-state index >= 15 is 0 Å². The highest BCUT2D eigenvalue weighted by Crippen LogP contribution is 2.18. The maximum absolute atomic E-state index is 13.2. The van der Waals surface area contributed by atoms with E-state index in [1.807, 2.05) is 42.1 Å². The zero-order valence-electron chi connectivity index (χ0n) is 13.9. The lowest BCUT2D eigenvalue weighted by molar-refractivity contribution is -0.130. The van der Waals surface area contributed by atoms with Crippen LogP contribution in [0.1, 0.15) is 17.5 Å². The molecule has 5 heteroatoms. The van der Waals surface area contributed by atoms with Crippen LogP contribution in [0.2, 0.25) is 0 Å². The third kappa shape index (κ3) is 3.45. The molecule has 0 fully saturated rings. The minimum Gasteiger partial charge on any atom is -0.341 e. The van der Waals surface area contributed by atoms with Crippen LogP contribution in [0.3, 0.4) is 0 Å². The zero-order chi connectivity index (χ0) is 17.1. The van der Waals surface area contributed by atoms with Gasteiger partial charge in [0.05, 0.1) is 18.3 Å². The molecule has 0 aliphatic rings. The Kier molecular flexibility index (Phi) is 4.60. The number of amides is 1. The van der Waals surface area contributed by atoms with Crippen molar-refractivity contribution >= 4 is 16.8 Å². The van der Waals surface area contributed by atoms with Crippen LogP contribution in [-0.4, -0.2) is 27.6 Å². The molecular formula is C19H20FN3O. The maximum Gasteiger partial charge on any atom is 0.224 e. The smallest absolute Gasteiger partial charge is 0.224 e. The second kappa shape index (κ2) is 6.83. The van der Waals surface area contributed by atoms with Gasteiger partial charge in [0.2, 0.25) is 5.91 Å². The molecule has 0 saturated heterocycles. The van der Waals surface area contributed by atoms with Gasteiger partial charge in [-0.15, -0.1) is 0 Å². The van der Waals surface area contributed by atoms with Crippen molar-refractivity contribution in [3.8, 4) is 0 Å². The number of aromatic nitrogens is 2. The van der Waals surface area contributed by atoms with Gasteiger partial charge in [-0.3, -0.25) is 9.48 Å². The maximum atomic E-state index is 13.2. The van der Waals surface area contributed by atoms with Crippen LogP contribution in [0, 0.1) is 12.7 Å². The summed E-state index contributed by atoms with van der Waals surface area (Å²) in [5.41, 5.74) is 3.00. The molecule has 0 bridgehead atoms. The summed E-state index contributed by atoms with van der Waals surface area (Å²) in [6.45, 7) is 2.97. The van der Waals surface area contributed by atoms with E-state index in [2.05, 4.69) is 5.10 Å². The van der Waals surface area contributed by atoms with E-state index in [-0.39, 0.29) is 11.7 Å². The van der Waals surface area contributed by atoms with Crippen molar-refractivity contribution in [3.63, 3.8) is 0 Å². The third-order valence-electron chi connectivity index (χ3n) is 4.14. The van der Waals surface area contributed by atoms with Crippen molar-refractivity contribution < 1.29 is 9.18 Å². The highest BCUT2D eigenvalue weighted by Gasteiger charge is 2.12. The SMILES string of the molecule is Cc1cccc2cnn(CCC(=O)N(C)Cc3cccc(F)c3)c12. The molecule has 1 aromatic heterocycles. The third-order valence-corrected chi connectivity index (χ3v) is 4.14. The van der Waals surface area contributed by atoms with Gasteiger partial charge < -0.3 is 4.90 Å². The summed E-state index contributed by atoms with van der Waals surface area (Å²) in [6.07, 6.45) is 2.18. The minimum absolute atomic E-state index is 0.0106. The van der Waals surface area contributed by atoms with Crippen molar-refractivity contribution in [2.45, 2.75) is 26.4 Å². The van der Waals surface area contributed by atoms with E-state index < -0.39 is 0 Å². The Balaban J connectivity index is 1.64. The molecule has 0 unspecified atom stereocenters. The van der Waals surface area contributed by atoms with Crippen molar-refractivity contribution in [2.24, 2.45) is 0 Å². The largest absolute Gasteiger partial charge is 0.341 e. The molecule has 4 nitrogen and oxygen atoms in total. The summed E-state index contributed by atoms with van der Waals surface area (Å²) in [4.78, 5) is 14.0. The lowest BCUT2D eigenvalue weighted by atomic mass is 10.2. The topological polar surface area (TPSA) is 38.1 Å². The van der Waals surface area contributed by atoms with Crippen LogP contribution in [0.25, 0.3) is 10.9 Å². The van der Waals surface area contributed by atoms with Crippen LogP contribution in [0.4, 0.5) is 4.39 Å². The molecule has 0 atom stereocenters. The van der Waals surface area contributed by atoms with E-state index in [1.54, 1.807) is 18.0 Å². The number of hydrogen-bond acceptors (Lipinski definition) is 2. The summed E-state index contributed by atoms with van der Waals surface area (Å²) >= 11 is 0. The fourth-order valence-electron chi connectivity index (χ4n) is 2.89. The Morgan fingerprint density at radius 3 is 2.83 bits per heavy atom. The molecule has 0 N–H and O–H groups in total. The number of rotatable bonds is 5. The van der Waals surface area contributed by atoms with Gasteiger partial charge in [-0.25, -0.2) is 4.39 Å². The van der Waals surface area contributed by atoms with Crippen LogP contribution in [-0.2, 0) is 17.9 Å². The highest BCUT2D eigenvalue weighted by atomic mass is 19.1. The van der Waals surface area contributed by atoms with E-state index in [9.17, 15) is 9.18 Å². The van der Waals surface area contributed by atoms with Crippen molar-refractivity contribution in [2.75, 3.05) is 7.05 Å². The molecular weight excluding hydrogens is 305 g/mol. The Morgan fingerprint density at radius 2 is 2.04 bits per heavy atom. The van der Waals surface area contributed by atoms with E-state index in [1.165, 1.54) is 12.1 Å². The Labute approximate surface area is 140 Å². The van der Waals surface area contributed by atoms with Gasteiger partial charge in [-0.05, 0) is 30.2 Å². The van der Waals surface area contributed by atoms with E-state index in [0.29, 0.717) is 19.5 Å².